The number of para-hydroxylation sites is 1. The first-order valence-corrected chi connectivity index (χ1v) is 9.31. The highest BCUT2D eigenvalue weighted by Crippen LogP contribution is 2.13. The molecule has 0 saturated heterocycles. The molecule has 2 aromatic carbocycles. The number of rotatable bonds is 11. The van der Waals surface area contributed by atoms with Crippen molar-refractivity contribution in [3.8, 4) is 5.75 Å². The molecule has 5 heteroatoms. The zero-order valence-corrected chi connectivity index (χ0v) is 15.8. The van der Waals surface area contributed by atoms with Gasteiger partial charge in [-0.1, -0.05) is 43.2 Å². The summed E-state index contributed by atoms with van der Waals surface area (Å²) in [7, 11) is 1.40. The van der Waals surface area contributed by atoms with Gasteiger partial charge in [-0.25, -0.2) is 0 Å². The Bertz CT molecular complexity index is 715. The molecule has 27 heavy (non-hydrogen) atoms. The maximum Gasteiger partial charge on any atom is 0.305 e. The zero-order valence-electron chi connectivity index (χ0n) is 15.8. The Labute approximate surface area is 160 Å². The van der Waals surface area contributed by atoms with Gasteiger partial charge in [-0.3, -0.25) is 9.59 Å². The SMILES string of the molecule is COC(=O)CCCCCCNC(=O)c1cccc(COc2ccccc2)c1. The molecule has 2 aromatic rings. The summed E-state index contributed by atoms with van der Waals surface area (Å²) in [5, 5.41) is 2.94. The summed E-state index contributed by atoms with van der Waals surface area (Å²) in [5.74, 6) is 0.560. The van der Waals surface area contributed by atoms with Crippen LogP contribution < -0.4 is 10.1 Å². The molecule has 0 aromatic heterocycles. The molecule has 0 unspecified atom stereocenters. The summed E-state index contributed by atoms with van der Waals surface area (Å²) in [4.78, 5) is 23.3. The number of amides is 1. The van der Waals surface area contributed by atoms with Gasteiger partial charge in [-0.05, 0) is 42.7 Å². The Kier molecular flexibility index (Phi) is 8.90. The van der Waals surface area contributed by atoms with Crippen LogP contribution in [0.15, 0.2) is 54.6 Å². The van der Waals surface area contributed by atoms with Crippen molar-refractivity contribution in [1.82, 2.24) is 5.32 Å². The number of methoxy groups -OCH3 is 1. The summed E-state index contributed by atoms with van der Waals surface area (Å²) in [5.41, 5.74) is 1.59. The molecule has 5 nitrogen and oxygen atoms in total. The molecule has 0 saturated carbocycles. The van der Waals surface area contributed by atoms with Gasteiger partial charge in [0, 0.05) is 18.5 Å². The molecule has 0 fully saturated rings. The lowest BCUT2D eigenvalue weighted by Crippen LogP contribution is -2.24. The standard InChI is InChI=1S/C22H27NO4/c1-26-21(24)14-7-2-3-8-15-23-22(25)19-11-9-10-18(16-19)17-27-20-12-5-4-6-13-20/h4-6,9-13,16H,2-3,7-8,14-15,17H2,1H3,(H,23,25). The summed E-state index contributed by atoms with van der Waals surface area (Å²) in [6.45, 7) is 1.05. The maximum atomic E-state index is 12.3. The smallest absolute Gasteiger partial charge is 0.305 e. The fourth-order valence-electron chi connectivity index (χ4n) is 2.64. The number of unbranched alkanes of at least 4 members (excludes halogenated alkanes) is 3. The van der Waals surface area contributed by atoms with Crippen LogP contribution in [-0.2, 0) is 16.1 Å². The van der Waals surface area contributed by atoms with Gasteiger partial charge in [-0.15, -0.1) is 0 Å². The lowest BCUT2D eigenvalue weighted by molar-refractivity contribution is -0.140. The number of benzene rings is 2. The minimum Gasteiger partial charge on any atom is -0.489 e. The third-order valence-corrected chi connectivity index (χ3v) is 4.16. The minimum atomic E-state index is -0.167. The van der Waals surface area contributed by atoms with Crippen LogP contribution >= 0.6 is 0 Å². The Morgan fingerprint density at radius 3 is 2.48 bits per heavy atom. The van der Waals surface area contributed by atoms with E-state index in [1.807, 2.05) is 48.5 Å². The Balaban J connectivity index is 1.68. The Morgan fingerprint density at radius 2 is 1.70 bits per heavy atom. The highest BCUT2D eigenvalue weighted by molar-refractivity contribution is 5.94. The number of esters is 1. The quantitative estimate of drug-likeness (QED) is 0.478. The number of carbonyl (C=O) groups is 2. The van der Waals surface area contributed by atoms with E-state index in [-0.39, 0.29) is 11.9 Å². The van der Waals surface area contributed by atoms with Gasteiger partial charge < -0.3 is 14.8 Å². The highest BCUT2D eigenvalue weighted by Gasteiger charge is 2.06. The summed E-state index contributed by atoms with van der Waals surface area (Å²) in [6.07, 6.45) is 4.11. The molecule has 1 N–H and O–H groups in total. The number of ether oxygens (including phenoxy) is 2. The summed E-state index contributed by atoms with van der Waals surface area (Å²) < 4.78 is 10.3. The van der Waals surface area contributed by atoms with Crippen LogP contribution in [0.5, 0.6) is 5.75 Å². The fraction of sp³-hybridized carbons (Fsp3) is 0.364. The summed E-state index contributed by atoms with van der Waals surface area (Å²) in [6, 6.07) is 17.1. The Hall–Kier alpha value is -2.82. The van der Waals surface area contributed by atoms with E-state index in [9.17, 15) is 9.59 Å². The van der Waals surface area contributed by atoms with Gasteiger partial charge >= 0.3 is 5.97 Å². The van der Waals surface area contributed by atoms with Crippen molar-refractivity contribution in [2.24, 2.45) is 0 Å². The van der Waals surface area contributed by atoms with Crippen LogP contribution in [0.25, 0.3) is 0 Å². The highest BCUT2D eigenvalue weighted by atomic mass is 16.5. The molecule has 1 amide bonds. The second kappa shape index (κ2) is 11.7. The molecule has 0 radical (unpaired) electrons. The molecular formula is C22H27NO4. The molecule has 0 aliphatic heterocycles. The second-order valence-corrected chi connectivity index (χ2v) is 6.30. The van der Waals surface area contributed by atoms with E-state index in [0.29, 0.717) is 25.1 Å². The van der Waals surface area contributed by atoms with Crippen molar-refractivity contribution in [2.75, 3.05) is 13.7 Å². The third kappa shape index (κ3) is 7.94. The van der Waals surface area contributed by atoms with Crippen molar-refractivity contribution >= 4 is 11.9 Å². The topological polar surface area (TPSA) is 64.6 Å². The first-order chi connectivity index (χ1) is 13.2. The van der Waals surface area contributed by atoms with Crippen LogP contribution in [0.2, 0.25) is 0 Å². The van der Waals surface area contributed by atoms with E-state index in [1.165, 1.54) is 7.11 Å². The van der Waals surface area contributed by atoms with E-state index in [1.54, 1.807) is 6.07 Å². The van der Waals surface area contributed by atoms with E-state index < -0.39 is 0 Å². The molecule has 0 spiro atoms. The second-order valence-electron chi connectivity index (χ2n) is 6.30. The van der Waals surface area contributed by atoms with Gasteiger partial charge in [0.25, 0.3) is 5.91 Å². The number of hydrogen-bond donors (Lipinski definition) is 1. The third-order valence-electron chi connectivity index (χ3n) is 4.16. The number of nitrogens with one attached hydrogen (secondary N) is 1. The molecule has 0 bridgehead atoms. The Morgan fingerprint density at radius 1 is 0.926 bits per heavy atom. The van der Waals surface area contributed by atoms with Crippen molar-refractivity contribution in [1.29, 1.82) is 0 Å². The van der Waals surface area contributed by atoms with Gasteiger partial charge in [0.15, 0.2) is 0 Å². The monoisotopic (exact) mass is 369 g/mol. The predicted molar refractivity (Wildman–Crippen MR) is 105 cm³/mol. The average Bonchev–Trinajstić information content (AvgIpc) is 2.72. The fourth-order valence-corrected chi connectivity index (χ4v) is 2.64. The summed E-state index contributed by atoms with van der Waals surface area (Å²) >= 11 is 0. The molecule has 0 heterocycles. The molecule has 0 atom stereocenters. The molecule has 0 aliphatic rings. The van der Waals surface area contributed by atoms with E-state index in [4.69, 9.17) is 4.74 Å². The molecule has 144 valence electrons. The van der Waals surface area contributed by atoms with Crippen LogP contribution in [0, 0.1) is 0 Å². The van der Waals surface area contributed by atoms with Crippen LogP contribution in [-0.4, -0.2) is 25.5 Å². The van der Waals surface area contributed by atoms with E-state index in [2.05, 4.69) is 10.1 Å². The van der Waals surface area contributed by atoms with E-state index in [0.717, 1.165) is 37.0 Å². The van der Waals surface area contributed by atoms with Gasteiger partial charge in [0.2, 0.25) is 0 Å². The molecule has 0 aliphatic carbocycles. The van der Waals surface area contributed by atoms with Crippen LogP contribution in [0.1, 0.15) is 48.0 Å². The van der Waals surface area contributed by atoms with Gasteiger partial charge in [-0.2, -0.15) is 0 Å². The first kappa shape index (κ1) is 20.5. The zero-order chi connectivity index (χ0) is 19.3. The largest absolute Gasteiger partial charge is 0.489 e. The van der Waals surface area contributed by atoms with Crippen LogP contribution in [0.4, 0.5) is 0 Å². The van der Waals surface area contributed by atoms with Gasteiger partial charge in [0.1, 0.15) is 12.4 Å². The lowest BCUT2D eigenvalue weighted by Gasteiger charge is -2.09. The van der Waals surface area contributed by atoms with Crippen LogP contribution in [0.3, 0.4) is 0 Å². The lowest BCUT2D eigenvalue weighted by atomic mass is 10.1. The molecular weight excluding hydrogens is 342 g/mol. The minimum absolute atomic E-state index is 0.0777. The normalized spacial score (nSPS) is 10.3. The first-order valence-electron chi connectivity index (χ1n) is 9.31. The predicted octanol–water partition coefficient (Wildman–Crippen LogP) is 4.12. The van der Waals surface area contributed by atoms with Crippen molar-refractivity contribution in [3.05, 3.63) is 65.7 Å². The average molecular weight is 369 g/mol. The number of hydrogen-bond acceptors (Lipinski definition) is 4. The van der Waals surface area contributed by atoms with Crippen molar-refractivity contribution < 1.29 is 19.1 Å². The van der Waals surface area contributed by atoms with Crippen molar-refractivity contribution in [2.45, 2.75) is 38.7 Å². The van der Waals surface area contributed by atoms with Gasteiger partial charge in [0.05, 0.1) is 7.11 Å². The van der Waals surface area contributed by atoms with E-state index >= 15 is 0 Å². The van der Waals surface area contributed by atoms with Crippen molar-refractivity contribution in [3.63, 3.8) is 0 Å². The maximum absolute atomic E-state index is 12.3. The molecule has 2 rings (SSSR count). The number of carbonyl (C=O) groups excluding carboxylic acids is 2.